The molecule has 0 atom stereocenters. The molecule has 0 saturated heterocycles. The Kier molecular flexibility index (Phi) is 4.61. The van der Waals surface area contributed by atoms with E-state index in [-0.39, 0.29) is 18.4 Å². The van der Waals surface area contributed by atoms with Crippen molar-refractivity contribution >= 4 is 27.3 Å². The predicted molar refractivity (Wildman–Crippen MR) is 91.4 cm³/mol. The van der Waals surface area contributed by atoms with Crippen LogP contribution in [0.3, 0.4) is 0 Å². The van der Waals surface area contributed by atoms with Gasteiger partial charge in [-0.05, 0) is 38.0 Å². The molecule has 6 nitrogen and oxygen atoms in total. The minimum absolute atomic E-state index is 0.0264. The first kappa shape index (κ1) is 17.6. The fraction of sp³-hybridized carbons (Fsp3) is 0.562. The van der Waals surface area contributed by atoms with Gasteiger partial charge in [0.15, 0.2) is 0 Å². The zero-order chi connectivity index (χ0) is 17.4. The smallest absolute Gasteiger partial charge is 0.236 e. The topological polar surface area (TPSA) is 75.7 Å². The Morgan fingerprint density at radius 1 is 1.35 bits per heavy atom. The standard InChI is InChI=1S/C16H24N2O4S/c1-11(2)9-18-13-8-12(17-23(5,20)21)6-7-14(13)22-10-16(3,4)15(18)19/h6-8,11,17H,9-10H2,1-5H3. The first-order valence-corrected chi connectivity index (χ1v) is 9.45. The molecule has 0 saturated carbocycles. The summed E-state index contributed by atoms with van der Waals surface area (Å²) in [6.45, 7) is 8.59. The number of hydrogen-bond donors (Lipinski definition) is 1. The molecule has 0 bridgehead atoms. The van der Waals surface area contributed by atoms with Gasteiger partial charge in [-0.1, -0.05) is 13.8 Å². The van der Waals surface area contributed by atoms with Crippen LogP contribution in [0.25, 0.3) is 0 Å². The zero-order valence-electron chi connectivity index (χ0n) is 14.2. The highest BCUT2D eigenvalue weighted by molar-refractivity contribution is 7.92. The largest absolute Gasteiger partial charge is 0.490 e. The van der Waals surface area contributed by atoms with Gasteiger partial charge < -0.3 is 9.64 Å². The third-order valence-corrected chi connectivity index (χ3v) is 4.12. The number of anilines is 2. The summed E-state index contributed by atoms with van der Waals surface area (Å²) in [7, 11) is -3.38. The Morgan fingerprint density at radius 3 is 2.57 bits per heavy atom. The molecule has 0 aromatic heterocycles. The Bertz CT molecular complexity index is 711. The molecule has 1 heterocycles. The molecular formula is C16H24N2O4S. The fourth-order valence-corrected chi connectivity index (χ4v) is 3.02. The van der Waals surface area contributed by atoms with Crippen LogP contribution >= 0.6 is 0 Å². The van der Waals surface area contributed by atoms with Crippen LogP contribution in [0.5, 0.6) is 5.75 Å². The van der Waals surface area contributed by atoms with Crippen LogP contribution in [-0.2, 0) is 14.8 Å². The predicted octanol–water partition coefficient (Wildman–Crippen LogP) is 2.47. The van der Waals surface area contributed by atoms with E-state index in [9.17, 15) is 13.2 Å². The van der Waals surface area contributed by atoms with Crippen LogP contribution in [0.4, 0.5) is 11.4 Å². The van der Waals surface area contributed by atoms with Gasteiger partial charge in [0.1, 0.15) is 12.4 Å². The first-order valence-electron chi connectivity index (χ1n) is 7.56. The molecule has 0 unspecified atom stereocenters. The van der Waals surface area contributed by atoms with E-state index in [0.717, 1.165) is 6.26 Å². The molecule has 1 N–H and O–H groups in total. The van der Waals surface area contributed by atoms with E-state index in [1.54, 1.807) is 23.1 Å². The normalized spacial score (nSPS) is 17.5. The lowest BCUT2D eigenvalue weighted by Crippen LogP contribution is -2.43. The molecule has 0 spiro atoms. The number of nitrogens with zero attached hydrogens (tertiary/aromatic N) is 1. The fourth-order valence-electron chi connectivity index (χ4n) is 2.47. The van der Waals surface area contributed by atoms with Crippen LogP contribution in [0.1, 0.15) is 27.7 Å². The summed E-state index contributed by atoms with van der Waals surface area (Å²) in [5.41, 5.74) is 0.372. The van der Waals surface area contributed by atoms with Crippen LogP contribution in [0.2, 0.25) is 0 Å². The number of benzene rings is 1. The maximum Gasteiger partial charge on any atom is 0.236 e. The second-order valence-electron chi connectivity index (χ2n) is 7.04. The van der Waals surface area contributed by atoms with Gasteiger partial charge in [0.2, 0.25) is 15.9 Å². The highest BCUT2D eigenvalue weighted by atomic mass is 32.2. The van der Waals surface area contributed by atoms with Crippen LogP contribution in [0, 0.1) is 11.3 Å². The molecule has 1 aromatic carbocycles. The lowest BCUT2D eigenvalue weighted by Gasteiger charge is -2.29. The lowest BCUT2D eigenvalue weighted by atomic mass is 9.92. The van der Waals surface area contributed by atoms with E-state index in [1.807, 2.05) is 27.7 Å². The maximum absolute atomic E-state index is 12.9. The number of sulfonamides is 1. The second-order valence-corrected chi connectivity index (χ2v) is 8.79. The SMILES string of the molecule is CC(C)CN1C(=O)C(C)(C)COc2ccc(NS(C)(=O)=O)cc21. The summed E-state index contributed by atoms with van der Waals surface area (Å²) in [5, 5.41) is 0. The van der Waals surface area contributed by atoms with E-state index in [1.165, 1.54) is 0 Å². The van der Waals surface area contributed by atoms with E-state index in [0.29, 0.717) is 23.7 Å². The first-order chi connectivity index (χ1) is 10.5. The number of fused-ring (bicyclic) bond motifs is 1. The summed E-state index contributed by atoms with van der Waals surface area (Å²) < 4.78 is 31.1. The van der Waals surface area contributed by atoms with Crippen molar-refractivity contribution in [3.63, 3.8) is 0 Å². The lowest BCUT2D eigenvalue weighted by molar-refractivity contribution is -0.127. The quantitative estimate of drug-likeness (QED) is 0.913. The number of amides is 1. The summed E-state index contributed by atoms with van der Waals surface area (Å²) in [5.74, 6) is 0.831. The van der Waals surface area contributed by atoms with Crippen LogP contribution in [0.15, 0.2) is 18.2 Å². The Morgan fingerprint density at radius 2 is 2.00 bits per heavy atom. The van der Waals surface area contributed by atoms with E-state index >= 15 is 0 Å². The number of rotatable bonds is 4. The molecule has 7 heteroatoms. The molecule has 0 aliphatic carbocycles. The monoisotopic (exact) mass is 340 g/mol. The Balaban J connectivity index is 2.51. The van der Waals surface area contributed by atoms with Crippen LogP contribution < -0.4 is 14.4 Å². The zero-order valence-corrected chi connectivity index (χ0v) is 15.0. The molecule has 128 valence electrons. The van der Waals surface area contributed by atoms with Gasteiger partial charge in [-0.15, -0.1) is 0 Å². The number of nitrogens with one attached hydrogen (secondary N) is 1. The van der Waals surface area contributed by atoms with Crippen molar-refractivity contribution < 1.29 is 17.9 Å². The third-order valence-electron chi connectivity index (χ3n) is 3.51. The Labute approximate surface area is 137 Å². The summed E-state index contributed by atoms with van der Waals surface area (Å²) in [6.07, 6.45) is 1.09. The molecule has 23 heavy (non-hydrogen) atoms. The molecule has 1 aromatic rings. The molecule has 2 rings (SSSR count). The van der Waals surface area contributed by atoms with Crippen molar-refractivity contribution in [2.24, 2.45) is 11.3 Å². The molecule has 1 aliphatic rings. The van der Waals surface area contributed by atoms with Gasteiger partial charge >= 0.3 is 0 Å². The molecule has 1 amide bonds. The van der Waals surface area contributed by atoms with Crippen molar-refractivity contribution in [3.05, 3.63) is 18.2 Å². The van der Waals surface area contributed by atoms with Crippen molar-refractivity contribution in [1.29, 1.82) is 0 Å². The molecule has 0 fully saturated rings. The maximum atomic E-state index is 12.9. The van der Waals surface area contributed by atoms with Crippen molar-refractivity contribution in [1.82, 2.24) is 0 Å². The highest BCUT2D eigenvalue weighted by Gasteiger charge is 2.38. The number of carbonyl (C=O) groups is 1. The van der Waals surface area contributed by atoms with E-state index in [2.05, 4.69) is 4.72 Å². The van der Waals surface area contributed by atoms with Gasteiger partial charge in [0, 0.05) is 6.54 Å². The van der Waals surface area contributed by atoms with Gasteiger partial charge in [0.25, 0.3) is 0 Å². The van der Waals surface area contributed by atoms with E-state index < -0.39 is 15.4 Å². The summed E-state index contributed by atoms with van der Waals surface area (Å²) in [6, 6.07) is 4.99. The van der Waals surface area contributed by atoms with Crippen molar-refractivity contribution in [2.45, 2.75) is 27.7 Å². The highest BCUT2D eigenvalue weighted by Crippen LogP contribution is 2.38. The molecule has 1 aliphatic heterocycles. The van der Waals surface area contributed by atoms with E-state index in [4.69, 9.17) is 4.74 Å². The second kappa shape index (κ2) is 6.03. The van der Waals surface area contributed by atoms with Crippen molar-refractivity contribution in [3.8, 4) is 5.75 Å². The molecule has 0 radical (unpaired) electrons. The average Bonchev–Trinajstić information content (AvgIpc) is 2.48. The minimum Gasteiger partial charge on any atom is -0.490 e. The molecular weight excluding hydrogens is 316 g/mol. The number of carbonyl (C=O) groups excluding carboxylic acids is 1. The number of hydrogen-bond acceptors (Lipinski definition) is 4. The van der Waals surface area contributed by atoms with Crippen molar-refractivity contribution in [2.75, 3.05) is 29.0 Å². The number of ether oxygens (including phenoxy) is 1. The summed E-state index contributed by atoms with van der Waals surface area (Å²) >= 11 is 0. The average molecular weight is 340 g/mol. The van der Waals surface area contributed by atoms with Crippen LogP contribution in [-0.4, -0.2) is 33.7 Å². The summed E-state index contributed by atoms with van der Waals surface area (Å²) in [4.78, 5) is 14.6. The minimum atomic E-state index is -3.38. The van der Waals surface area contributed by atoms with Gasteiger partial charge in [-0.2, -0.15) is 0 Å². The van der Waals surface area contributed by atoms with Gasteiger partial charge in [-0.3, -0.25) is 9.52 Å². The van der Waals surface area contributed by atoms with Gasteiger partial charge in [-0.25, -0.2) is 8.42 Å². The third kappa shape index (κ3) is 4.16. The van der Waals surface area contributed by atoms with Gasteiger partial charge in [0.05, 0.1) is 23.0 Å². The Hall–Kier alpha value is -1.76.